The summed E-state index contributed by atoms with van der Waals surface area (Å²) in [5, 5.41) is 0.719. The first-order chi connectivity index (χ1) is 19.0. The molecule has 0 saturated carbocycles. The molecule has 4 rings (SSSR count). The van der Waals surface area contributed by atoms with Gasteiger partial charge in [-0.25, -0.2) is 27.0 Å². The topological polar surface area (TPSA) is 117 Å². The van der Waals surface area contributed by atoms with Gasteiger partial charge in [-0.3, -0.25) is 14.1 Å². The van der Waals surface area contributed by atoms with Crippen molar-refractivity contribution >= 4 is 50.3 Å². The molecule has 0 spiro atoms. The molecule has 0 aliphatic carbocycles. The van der Waals surface area contributed by atoms with Gasteiger partial charge in [-0.1, -0.05) is 30.7 Å². The Labute approximate surface area is 233 Å². The third-order valence-corrected chi connectivity index (χ3v) is 7.50. The number of halogens is 3. The van der Waals surface area contributed by atoms with E-state index in [4.69, 9.17) is 21.1 Å². The van der Waals surface area contributed by atoms with Crippen LogP contribution in [0.15, 0.2) is 54.9 Å². The normalized spacial score (nSPS) is 11.4. The van der Waals surface area contributed by atoms with Crippen LogP contribution in [0.4, 0.5) is 19.3 Å². The molecule has 0 bridgehead atoms. The number of carbonyl (C=O) groups excluding carboxylic acids is 2. The molecular formula is C27H24ClF2N3O6S. The van der Waals surface area contributed by atoms with E-state index < -0.39 is 51.6 Å². The van der Waals surface area contributed by atoms with Crippen LogP contribution in [-0.4, -0.2) is 42.3 Å². The molecule has 0 unspecified atom stereocenters. The van der Waals surface area contributed by atoms with Crippen molar-refractivity contribution in [3.8, 4) is 11.1 Å². The Morgan fingerprint density at radius 1 is 1.05 bits per heavy atom. The number of fused-ring (bicyclic) bond motifs is 1. The van der Waals surface area contributed by atoms with Crippen molar-refractivity contribution in [2.75, 3.05) is 17.1 Å². The summed E-state index contributed by atoms with van der Waals surface area (Å²) in [4.78, 5) is 29.8. The number of ketones is 1. The zero-order chi connectivity index (χ0) is 29.0. The molecule has 2 aromatic heterocycles. The van der Waals surface area contributed by atoms with E-state index in [1.807, 2.05) is 0 Å². The molecule has 9 nitrogen and oxygen atoms in total. The summed E-state index contributed by atoms with van der Waals surface area (Å²) in [7, 11) is -3.92. The fourth-order valence-electron chi connectivity index (χ4n) is 3.99. The maximum absolute atomic E-state index is 15.5. The first kappa shape index (κ1) is 29.0. The highest BCUT2D eigenvalue weighted by molar-refractivity contribution is 7.92. The second-order valence-corrected chi connectivity index (χ2v) is 10.9. The molecule has 0 amide bonds. The van der Waals surface area contributed by atoms with Gasteiger partial charge in [0.2, 0.25) is 15.8 Å². The number of sulfonamides is 1. The highest BCUT2D eigenvalue weighted by Crippen LogP contribution is 2.31. The van der Waals surface area contributed by atoms with Crippen molar-refractivity contribution in [2.24, 2.45) is 0 Å². The van der Waals surface area contributed by atoms with Gasteiger partial charge in [-0.15, -0.1) is 0 Å². The number of benzene rings is 2. The zero-order valence-corrected chi connectivity index (χ0v) is 23.0. The summed E-state index contributed by atoms with van der Waals surface area (Å²) < 4.78 is 68.0. The van der Waals surface area contributed by atoms with E-state index in [9.17, 15) is 22.4 Å². The number of hydrogen-bond donors (Lipinski definition) is 1. The standard InChI is InChI=1S/C27H24ClF2N3O6S/c1-3-11-40(36,37)32-22-10-9-21(29)23(24(22)30)25(34)20-14-33(15-39-27(35)38-4-2)26-19(20)12-17(13-31-26)16-5-7-18(28)8-6-16/h5-10,12-14,32H,3-4,11,15H2,1-2H3. The molecule has 0 aliphatic rings. The summed E-state index contributed by atoms with van der Waals surface area (Å²) in [5.41, 5.74) is -0.212. The van der Waals surface area contributed by atoms with E-state index in [1.165, 1.54) is 17.0 Å². The number of rotatable bonds is 10. The molecule has 0 aliphatic heterocycles. The van der Waals surface area contributed by atoms with E-state index in [-0.39, 0.29) is 35.4 Å². The van der Waals surface area contributed by atoms with Gasteiger partial charge in [0, 0.05) is 28.4 Å². The fourth-order valence-corrected chi connectivity index (χ4v) is 5.25. The predicted octanol–water partition coefficient (Wildman–Crippen LogP) is 6.15. The number of aromatic nitrogens is 2. The van der Waals surface area contributed by atoms with E-state index in [2.05, 4.69) is 9.71 Å². The number of pyridine rings is 1. The van der Waals surface area contributed by atoms with Crippen molar-refractivity contribution < 1.29 is 36.3 Å². The largest absolute Gasteiger partial charge is 0.510 e. The van der Waals surface area contributed by atoms with E-state index in [1.54, 1.807) is 44.2 Å². The van der Waals surface area contributed by atoms with Crippen LogP contribution in [0.3, 0.4) is 0 Å². The van der Waals surface area contributed by atoms with Crippen LogP contribution in [0.5, 0.6) is 0 Å². The summed E-state index contributed by atoms with van der Waals surface area (Å²) in [6.07, 6.45) is 2.07. The maximum atomic E-state index is 15.5. The number of carbonyl (C=O) groups is 2. The number of hydrogen-bond acceptors (Lipinski definition) is 7. The monoisotopic (exact) mass is 591 g/mol. The quantitative estimate of drug-likeness (QED) is 0.174. The van der Waals surface area contributed by atoms with Crippen LogP contribution in [0.1, 0.15) is 36.2 Å². The lowest BCUT2D eigenvalue weighted by Crippen LogP contribution is -2.18. The van der Waals surface area contributed by atoms with Crippen molar-refractivity contribution in [2.45, 2.75) is 27.0 Å². The van der Waals surface area contributed by atoms with Crippen molar-refractivity contribution in [1.29, 1.82) is 0 Å². The van der Waals surface area contributed by atoms with Gasteiger partial charge in [-0.2, -0.15) is 0 Å². The highest BCUT2D eigenvalue weighted by atomic mass is 35.5. The molecule has 40 heavy (non-hydrogen) atoms. The van der Waals surface area contributed by atoms with Crippen LogP contribution in [0.25, 0.3) is 22.2 Å². The van der Waals surface area contributed by atoms with Crippen LogP contribution >= 0.6 is 11.6 Å². The number of nitrogens with zero attached hydrogens (tertiary/aromatic N) is 2. The minimum absolute atomic E-state index is 0.0780. The van der Waals surface area contributed by atoms with Crippen LogP contribution < -0.4 is 4.72 Å². The van der Waals surface area contributed by atoms with E-state index in [0.717, 1.165) is 12.1 Å². The Morgan fingerprint density at radius 2 is 1.77 bits per heavy atom. The van der Waals surface area contributed by atoms with Gasteiger partial charge < -0.3 is 9.47 Å². The van der Waals surface area contributed by atoms with Crippen LogP contribution in [0.2, 0.25) is 5.02 Å². The van der Waals surface area contributed by atoms with Crippen molar-refractivity contribution in [3.05, 3.63) is 82.6 Å². The van der Waals surface area contributed by atoms with Crippen molar-refractivity contribution in [1.82, 2.24) is 9.55 Å². The van der Waals surface area contributed by atoms with Gasteiger partial charge in [0.25, 0.3) is 0 Å². The number of nitrogens with one attached hydrogen (secondary N) is 1. The molecule has 13 heteroatoms. The molecule has 2 aromatic carbocycles. The third kappa shape index (κ3) is 6.23. The molecular weight excluding hydrogens is 568 g/mol. The Kier molecular flexibility index (Phi) is 8.70. The lowest BCUT2D eigenvalue weighted by molar-refractivity contribution is 0.0380. The molecule has 2 heterocycles. The minimum atomic E-state index is -3.92. The summed E-state index contributed by atoms with van der Waals surface area (Å²) in [6, 6.07) is 10.1. The van der Waals surface area contributed by atoms with Gasteiger partial charge in [-0.05, 0) is 49.2 Å². The Morgan fingerprint density at radius 3 is 2.45 bits per heavy atom. The first-order valence-electron chi connectivity index (χ1n) is 12.1. The summed E-state index contributed by atoms with van der Waals surface area (Å²) in [5.74, 6) is -3.91. The predicted molar refractivity (Wildman–Crippen MR) is 146 cm³/mol. The molecule has 0 saturated heterocycles. The number of ether oxygens (including phenoxy) is 2. The summed E-state index contributed by atoms with van der Waals surface area (Å²) >= 11 is 5.99. The second kappa shape index (κ2) is 12.0. The molecule has 0 radical (unpaired) electrons. The lowest BCUT2D eigenvalue weighted by Gasteiger charge is -2.11. The fraction of sp³-hybridized carbons (Fsp3) is 0.222. The maximum Gasteiger partial charge on any atom is 0.510 e. The average Bonchev–Trinajstić information content (AvgIpc) is 3.27. The third-order valence-electron chi connectivity index (χ3n) is 5.78. The van der Waals surface area contributed by atoms with E-state index >= 15 is 4.39 Å². The summed E-state index contributed by atoms with van der Waals surface area (Å²) in [6.45, 7) is 2.90. The smallest absolute Gasteiger partial charge is 0.435 e. The number of anilines is 1. The average molecular weight is 592 g/mol. The van der Waals surface area contributed by atoms with Gasteiger partial charge in [0.05, 0.1) is 29.2 Å². The van der Waals surface area contributed by atoms with Gasteiger partial charge >= 0.3 is 6.16 Å². The Bertz CT molecular complexity index is 1690. The van der Waals surface area contributed by atoms with Crippen molar-refractivity contribution in [3.63, 3.8) is 0 Å². The first-order valence-corrected chi connectivity index (χ1v) is 14.1. The SMILES string of the molecule is CCCS(=O)(=O)Nc1ccc(F)c(C(=O)c2cn(COC(=O)OCC)c3ncc(-c4ccc(Cl)cc4)cc23)c1F. The highest BCUT2D eigenvalue weighted by Gasteiger charge is 2.27. The molecule has 0 fully saturated rings. The molecule has 210 valence electrons. The Balaban J connectivity index is 1.83. The van der Waals surface area contributed by atoms with Gasteiger partial charge in [0.15, 0.2) is 12.5 Å². The lowest BCUT2D eigenvalue weighted by atomic mass is 10.00. The molecule has 4 aromatic rings. The zero-order valence-electron chi connectivity index (χ0n) is 21.4. The van der Waals surface area contributed by atoms with Crippen LogP contribution in [-0.2, 0) is 26.2 Å². The Hall–Kier alpha value is -4.03. The second-order valence-electron chi connectivity index (χ2n) is 8.61. The molecule has 0 atom stereocenters. The minimum Gasteiger partial charge on any atom is -0.435 e. The van der Waals surface area contributed by atoms with Crippen LogP contribution in [0, 0.1) is 11.6 Å². The molecule has 1 N–H and O–H groups in total. The van der Waals surface area contributed by atoms with Gasteiger partial charge in [0.1, 0.15) is 11.5 Å². The van der Waals surface area contributed by atoms with E-state index in [0.29, 0.717) is 16.1 Å².